The highest BCUT2D eigenvalue weighted by Gasteiger charge is 2.16. The van der Waals surface area contributed by atoms with E-state index in [-0.39, 0.29) is 36.2 Å². The van der Waals surface area contributed by atoms with Crippen LogP contribution in [0.25, 0.3) is 0 Å². The van der Waals surface area contributed by atoms with E-state index in [0.717, 1.165) is 11.1 Å². The van der Waals surface area contributed by atoms with Crippen LogP contribution in [0, 0.1) is 13.8 Å². The molecule has 0 bridgehead atoms. The molecule has 2 aromatic rings. The third-order valence-corrected chi connectivity index (χ3v) is 6.62. The van der Waals surface area contributed by atoms with E-state index in [9.17, 15) is 16.8 Å². The molecule has 0 saturated carbocycles. The second-order valence-corrected chi connectivity index (χ2v) is 9.72. The molecule has 166 valence electrons. The maximum atomic E-state index is 12.0. The van der Waals surface area contributed by atoms with Gasteiger partial charge in [0, 0.05) is 0 Å². The fourth-order valence-corrected chi connectivity index (χ4v) is 4.10. The van der Waals surface area contributed by atoms with Crippen LogP contribution < -0.4 is 0 Å². The number of aryl methyl sites for hydroxylation is 2. The average Bonchev–Trinajstić information content (AvgIpc) is 2.69. The van der Waals surface area contributed by atoms with Crippen molar-refractivity contribution in [2.45, 2.75) is 36.9 Å². The third kappa shape index (κ3) is 7.78. The minimum Gasteiger partial charge on any atom is -0.351 e. The first-order chi connectivity index (χ1) is 14.1. The van der Waals surface area contributed by atoms with Crippen molar-refractivity contribution in [3.05, 3.63) is 59.7 Å². The van der Waals surface area contributed by atoms with E-state index >= 15 is 0 Å². The second kappa shape index (κ2) is 11.0. The first-order valence-corrected chi connectivity index (χ1v) is 12.1. The molecule has 8 nitrogen and oxygen atoms in total. The number of ether oxygens (including phenoxy) is 2. The Kier molecular flexibility index (Phi) is 8.95. The quantitative estimate of drug-likeness (QED) is 0.272. The van der Waals surface area contributed by atoms with Gasteiger partial charge in [0.2, 0.25) is 0 Å². The molecular weight excluding hydrogens is 432 g/mol. The molecule has 0 amide bonds. The summed E-state index contributed by atoms with van der Waals surface area (Å²) in [5.41, 5.74) is 1.89. The van der Waals surface area contributed by atoms with Crippen LogP contribution in [0.2, 0.25) is 0 Å². The lowest BCUT2D eigenvalue weighted by Gasteiger charge is -2.14. The molecule has 30 heavy (non-hydrogen) atoms. The third-order valence-electron chi connectivity index (χ3n) is 3.97. The number of rotatable bonds is 12. The van der Waals surface area contributed by atoms with Crippen molar-refractivity contribution in [2.24, 2.45) is 0 Å². The molecule has 0 aliphatic carbocycles. The summed E-state index contributed by atoms with van der Waals surface area (Å²) in [6, 6.07) is 12.6. The van der Waals surface area contributed by atoms with Gasteiger partial charge in [0.05, 0.1) is 36.2 Å². The van der Waals surface area contributed by atoms with Crippen molar-refractivity contribution in [2.75, 3.05) is 26.4 Å². The molecule has 0 radical (unpaired) electrons. The largest absolute Gasteiger partial charge is 0.351 e. The highest BCUT2D eigenvalue weighted by atomic mass is 32.2. The van der Waals surface area contributed by atoms with E-state index in [1.165, 1.54) is 24.3 Å². The average molecular weight is 459 g/mol. The summed E-state index contributed by atoms with van der Waals surface area (Å²) < 4.78 is 68.6. The Morgan fingerprint density at radius 1 is 0.633 bits per heavy atom. The predicted molar refractivity (Wildman–Crippen MR) is 110 cm³/mol. The number of benzene rings is 2. The SMILES string of the molecule is Cc1ccc(S(=O)(=O)OCCOC(C)OCCOS(=O)(=O)c2ccc(C)cc2)cc1. The number of hydrogen-bond acceptors (Lipinski definition) is 8. The lowest BCUT2D eigenvalue weighted by Crippen LogP contribution is -2.20. The first kappa shape index (κ1) is 24.4. The van der Waals surface area contributed by atoms with Gasteiger partial charge in [-0.2, -0.15) is 16.8 Å². The Balaban J connectivity index is 1.65. The van der Waals surface area contributed by atoms with Gasteiger partial charge in [-0.3, -0.25) is 8.37 Å². The summed E-state index contributed by atoms with van der Waals surface area (Å²) in [5, 5.41) is 0. The number of hydrogen-bond donors (Lipinski definition) is 0. The van der Waals surface area contributed by atoms with Crippen LogP contribution in [0.15, 0.2) is 58.3 Å². The van der Waals surface area contributed by atoms with Crippen molar-refractivity contribution in [3.8, 4) is 0 Å². The summed E-state index contributed by atoms with van der Waals surface area (Å²) in [6.45, 7) is 4.92. The van der Waals surface area contributed by atoms with E-state index in [4.69, 9.17) is 17.8 Å². The molecule has 0 heterocycles. The molecule has 0 aliphatic heterocycles. The summed E-state index contributed by atoms with van der Waals surface area (Å²) in [7, 11) is -7.70. The van der Waals surface area contributed by atoms with Crippen LogP contribution in [0.1, 0.15) is 18.1 Å². The second-order valence-electron chi connectivity index (χ2n) is 6.49. The zero-order valence-electron chi connectivity index (χ0n) is 17.1. The lowest BCUT2D eigenvalue weighted by molar-refractivity contribution is -0.138. The molecule has 2 aromatic carbocycles. The van der Waals surface area contributed by atoms with Gasteiger partial charge in [0.25, 0.3) is 20.2 Å². The highest BCUT2D eigenvalue weighted by Crippen LogP contribution is 2.14. The van der Waals surface area contributed by atoms with Crippen molar-refractivity contribution in [3.63, 3.8) is 0 Å². The van der Waals surface area contributed by atoms with Crippen LogP contribution in [-0.4, -0.2) is 49.6 Å². The maximum absolute atomic E-state index is 12.0. The smallest absolute Gasteiger partial charge is 0.297 e. The van der Waals surface area contributed by atoms with Gasteiger partial charge in [0.1, 0.15) is 0 Å². The molecule has 0 unspecified atom stereocenters. The van der Waals surface area contributed by atoms with Crippen LogP contribution in [0.4, 0.5) is 0 Å². The van der Waals surface area contributed by atoms with Crippen LogP contribution in [0.3, 0.4) is 0 Å². The van der Waals surface area contributed by atoms with Gasteiger partial charge in [-0.05, 0) is 45.0 Å². The summed E-state index contributed by atoms with van der Waals surface area (Å²) >= 11 is 0. The highest BCUT2D eigenvalue weighted by molar-refractivity contribution is 7.87. The zero-order valence-corrected chi connectivity index (χ0v) is 18.7. The summed E-state index contributed by atoms with van der Waals surface area (Å²) in [6.07, 6.45) is -0.693. The molecule has 0 aromatic heterocycles. The fraction of sp³-hybridized carbons (Fsp3) is 0.400. The molecule has 2 rings (SSSR count). The zero-order chi connectivity index (χ0) is 22.2. The van der Waals surface area contributed by atoms with Gasteiger partial charge in [-0.1, -0.05) is 35.4 Å². The topological polar surface area (TPSA) is 105 Å². The van der Waals surface area contributed by atoms with Gasteiger partial charge in [0.15, 0.2) is 6.29 Å². The molecule has 0 spiro atoms. The molecule has 0 aliphatic rings. The van der Waals surface area contributed by atoms with Crippen LogP contribution >= 0.6 is 0 Å². The normalized spacial score (nSPS) is 12.4. The van der Waals surface area contributed by atoms with Crippen molar-refractivity contribution in [1.82, 2.24) is 0 Å². The Morgan fingerprint density at radius 2 is 0.967 bits per heavy atom. The van der Waals surface area contributed by atoms with Crippen LogP contribution in [-0.2, 0) is 38.1 Å². The van der Waals surface area contributed by atoms with E-state index < -0.39 is 26.5 Å². The molecule has 0 atom stereocenters. The van der Waals surface area contributed by atoms with Gasteiger partial charge >= 0.3 is 0 Å². The Morgan fingerprint density at radius 3 is 1.30 bits per heavy atom. The van der Waals surface area contributed by atoms with E-state index in [0.29, 0.717) is 0 Å². The van der Waals surface area contributed by atoms with Crippen molar-refractivity contribution >= 4 is 20.2 Å². The minimum atomic E-state index is -3.85. The summed E-state index contributed by atoms with van der Waals surface area (Å²) in [4.78, 5) is 0.147. The maximum Gasteiger partial charge on any atom is 0.297 e. The molecule has 0 N–H and O–H groups in total. The van der Waals surface area contributed by atoms with Gasteiger partial charge in [-0.25, -0.2) is 0 Å². The molecule has 0 saturated heterocycles. The first-order valence-electron chi connectivity index (χ1n) is 9.25. The van der Waals surface area contributed by atoms with Crippen LogP contribution in [0.5, 0.6) is 0 Å². The van der Waals surface area contributed by atoms with E-state index in [2.05, 4.69) is 0 Å². The predicted octanol–water partition coefficient (Wildman–Crippen LogP) is 2.79. The van der Waals surface area contributed by atoms with Crippen molar-refractivity contribution in [1.29, 1.82) is 0 Å². The Hall–Kier alpha value is -1.82. The van der Waals surface area contributed by atoms with E-state index in [1.54, 1.807) is 31.2 Å². The molecule has 0 fully saturated rings. The Labute approximate surface area is 178 Å². The van der Waals surface area contributed by atoms with Crippen molar-refractivity contribution < 1.29 is 34.7 Å². The monoisotopic (exact) mass is 458 g/mol. The Bertz CT molecular complexity index is 914. The fourth-order valence-electron chi connectivity index (χ4n) is 2.31. The summed E-state index contributed by atoms with van der Waals surface area (Å²) in [5.74, 6) is 0. The lowest BCUT2D eigenvalue weighted by atomic mass is 10.2. The molecule has 10 heteroatoms. The standard InChI is InChI=1S/C20H26O8S2/c1-16-4-8-19(9-5-16)29(21,22)27-14-12-25-18(3)26-13-15-28-30(23,24)20-10-6-17(2)7-11-20/h4-11,18H,12-15H2,1-3H3. The minimum absolute atomic E-state index is 0.0191. The van der Waals surface area contributed by atoms with Gasteiger partial charge < -0.3 is 9.47 Å². The van der Waals surface area contributed by atoms with Gasteiger partial charge in [-0.15, -0.1) is 0 Å². The molecular formula is C20H26O8S2. The van der Waals surface area contributed by atoms with E-state index in [1.807, 2.05) is 13.8 Å².